The number of halogens is 1. The van der Waals surface area contributed by atoms with Crippen LogP contribution in [0.3, 0.4) is 0 Å². The first-order valence-corrected chi connectivity index (χ1v) is 13.4. The van der Waals surface area contributed by atoms with E-state index >= 15 is 0 Å². The van der Waals surface area contributed by atoms with Gasteiger partial charge in [0.15, 0.2) is 0 Å². The van der Waals surface area contributed by atoms with E-state index in [1.165, 1.54) is 0 Å². The van der Waals surface area contributed by atoms with Crippen LogP contribution >= 0.6 is 11.6 Å². The molecule has 2 fully saturated rings. The number of pyridine rings is 1. The minimum absolute atomic E-state index is 0.0236. The zero-order chi connectivity index (χ0) is 23.7. The Labute approximate surface area is 204 Å². The van der Waals surface area contributed by atoms with Gasteiger partial charge in [0.25, 0.3) is 0 Å². The first-order valence-electron chi connectivity index (χ1n) is 11.6. The summed E-state index contributed by atoms with van der Waals surface area (Å²) in [6, 6.07) is 16.1. The molecule has 9 heteroatoms. The molecule has 0 saturated carbocycles. The van der Waals surface area contributed by atoms with Crippen LogP contribution in [0.15, 0.2) is 59.5 Å². The Bertz CT molecular complexity index is 1320. The molecule has 2 aliphatic heterocycles. The molecule has 2 aromatic carbocycles. The van der Waals surface area contributed by atoms with Crippen molar-refractivity contribution in [2.75, 3.05) is 36.4 Å². The second-order valence-electron chi connectivity index (χ2n) is 8.92. The second-order valence-corrected chi connectivity index (χ2v) is 11.3. The van der Waals surface area contributed by atoms with Crippen molar-refractivity contribution in [1.82, 2.24) is 9.29 Å². The monoisotopic (exact) mass is 498 g/mol. The lowest BCUT2D eigenvalue weighted by Gasteiger charge is -2.33. The number of carbonyl (C=O) groups excluding carboxylic acids is 1. The number of hydrogen-bond acceptors (Lipinski definition) is 5. The van der Waals surface area contributed by atoms with Gasteiger partial charge in [0.1, 0.15) is 5.82 Å². The Morgan fingerprint density at radius 3 is 2.62 bits per heavy atom. The molecule has 0 aliphatic carbocycles. The largest absolute Gasteiger partial charge is 0.356 e. The number of nitrogens with zero attached hydrogens (tertiary/aromatic N) is 3. The molecule has 0 bridgehead atoms. The van der Waals surface area contributed by atoms with Gasteiger partial charge < -0.3 is 10.2 Å². The lowest BCUT2D eigenvalue weighted by atomic mass is 9.97. The summed E-state index contributed by atoms with van der Waals surface area (Å²) in [5, 5.41) is 4.34. The van der Waals surface area contributed by atoms with E-state index in [2.05, 4.69) is 10.2 Å². The Morgan fingerprint density at radius 2 is 1.82 bits per heavy atom. The van der Waals surface area contributed by atoms with Crippen LogP contribution in [0.4, 0.5) is 11.5 Å². The number of benzene rings is 2. The van der Waals surface area contributed by atoms with Gasteiger partial charge in [-0.25, -0.2) is 13.4 Å². The number of sulfonamides is 1. The standard InChI is InChI=1S/C25H27ClN4O3S/c26-20-6-3-7-21(16-20)27-25(31)19-5-4-12-29(17-19)24-11-8-18-15-22(9-10-23(18)28-24)34(32,33)30-13-1-2-14-30/h3,6-11,15-16,19H,1-2,4-5,12-14,17H2,(H,27,31)/t19-/m0/s1. The fourth-order valence-corrected chi connectivity index (χ4v) is 6.46. The predicted octanol–water partition coefficient (Wildman–Crippen LogP) is 4.53. The number of carbonyl (C=O) groups is 1. The maximum Gasteiger partial charge on any atom is 0.243 e. The topological polar surface area (TPSA) is 82.6 Å². The Balaban J connectivity index is 1.32. The van der Waals surface area contributed by atoms with E-state index in [1.807, 2.05) is 24.3 Å². The quantitative estimate of drug-likeness (QED) is 0.559. The molecule has 3 aromatic rings. The van der Waals surface area contributed by atoms with Crippen LogP contribution in [0, 0.1) is 5.92 Å². The van der Waals surface area contributed by atoms with Gasteiger partial charge >= 0.3 is 0 Å². The fourth-order valence-electron chi connectivity index (χ4n) is 4.72. The summed E-state index contributed by atoms with van der Waals surface area (Å²) >= 11 is 6.03. The number of piperidine rings is 1. The molecule has 0 unspecified atom stereocenters. The number of nitrogens with one attached hydrogen (secondary N) is 1. The Hall–Kier alpha value is -2.68. The molecule has 178 valence electrons. The van der Waals surface area contributed by atoms with Gasteiger partial charge in [0.2, 0.25) is 15.9 Å². The molecular formula is C25H27ClN4O3S. The molecule has 1 N–H and O–H groups in total. The molecular weight excluding hydrogens is 472 g/mol. The first-order chi connectivity index (χ1) is 16.4. The van der Waals surface area contributed by atoms with Crippen molar-refractivity contribution in [3.8, 4) is 0 Å². The molecule has 34 heavy (non-hydrogen) atoms. The summed E-state index contributed by atoms with van der Waals surface area (Å²) in [6.45, 7) is 2.56. The summed E-state index contributed by atoms with van der Waals surface area (Å²) in [7, 11) is -3.46. The minimum Gasteiger partial charge on any atom is -0.356 e. The van der Waals surface area contributed by atoms with E-state index in [0.717, 1.165) is 48.9 Å². The summed E-state index contributed by atoms with van der Waals surface area (Å²) in [4.78, 5) is 20.1. The van der Waals surface area contributed by atoms with Gasteiger partial charge in [0.05, 0.1) is 16.3 Å². The van der Waals surface area contributed by atoms with Gasteiger partial charge in [-0.15, -0.1) is 0 Å². The van der Waals surface area contributed by atoms with Gasteiger partial charge in [-0.3, -0.25) is 4.79 Å². The summed E-state index contributed by atoms with van der Waals surface area (Å²) in [5.74, 6) is 0.616. The van der Waals surface area contributed by atoms with E-state index in [-0.39, 0.29) is 11.8 Å². The van der Waals surface area contributed by atoms with Crippen LogP contribution < -0.4 is 10.2 Å². The molecule has 3 heterocycles. The molecule has 2 saturated heterocycles. The van der Waals surface area contributed by atoms with E-state index < -0.39 is 10.0 Å². The number of anilines is 2. The highest BCUT2D eigenvalue weighted by Gasteiger charge is 2.28. The summed E-state index contributed by atoms with van der Waals surface area (Å²) in [6.07, 6.45) is 3.52. The maximum atomic E-state index is 12.9. The van der Waals surface area contributed by atoms with E-state index in [4.69, 9.17) is 16.6 Å². The minimum atomic E-state index is -3.46. The second kappa shape index (κ2) is 9.52. The molecule has 5 rings (SSSR count). The first kappa shape index (κ1) is 23.1. The maximum absolute atomic E-state index is 12.9. The van der Waals surface area contributed by atoms with Crippen LogP contribution in [0.25, 0.3) is 10.9 Å². The molecule has 2 aliphatic rings. The van der Waals surface area contributed by atoms with Crippen LogP contribution in [0.1, 0.15) is 25.7 Å². The molecule has 0 radical (unpaired) electrons. The van der Waals surface area contributed by atoms with Gasteiger partial charge in [0, 0.05) is 42.3 Å². The molecule has 1 amide bonds. The van der Waals surface area contributed by atoms with Crippen molar-refractivity contribution < 1.29 is 13.2 Å². The molecule has 1 aromatic heterocycles. The molecule has 7 nitrogen and oxygen atoms in total. The average Bonchev–Trinajstić information content (AvgIpc) is 3.39. The van der Waals surface area contributed by atoms with Crippen molar-refractivity contribution in [3.05, 3.63) is 59.6 Å². The number of aromatic nitrogens is 1. The third kappa shape index (κ3) is 4.76. The molecule has 1 atom stereocenters. The highest BCUT2D eigenvalue weighted by atomic mass is 35.5. The van der Waals surface area contributed by atoms with E-state index in [9.17, 15) is 13.2 Å². The van der Waals surface area contributed by atoms with Crippen LogP contribution in [0.5, 0.6) is 0 Å². The van der Waals surface area contributed by atoms with Gasteiger partial charge in [-0.2, -0.15) is 4.31 Å². The highest BCUT2D eigenvalue weighted by Crippen LogP contribution is 2.28. The van der Waals surface area contributed by atoms with Crippen molar-refractivity contribution in [2.24, 2.45) is 5.92 Å². The predicted molar refractivity (Wildman–Crippen MR) is 135 cm³/mol. The van der Waals surface area contributed by atoms with E-state index in [1.54, 1.807) is 34.6 Å². The van der Waals surface area contributed by atoms with Crippen LogP contribution in [-0.4, -0.2) is 49.8 Å². The lowest BCUT2D eigenvalue weighted by Crippen LogP contribution is -2.41. The number of rotatable bonds is 5. The molecule has 0 spiro atoms. The zero-order valence-corrected chi connectivity index (χ0v) is 20.4. The summed E-state index contributed by atoms with van der Waals surface area (Å²) < 4.78 is 27.3. The third-order valence-corrected chi connectivity index (χ3v) is 8.69. The Kier molecular flexibility index (Phi) is 6.46. The van der Waals surface area contributed by atoms with E-state index in [0.29, 0.717) is 35.2 Å². The number of amides is 1. The lowest BCUT2D eigenvalue weighted by molar-refractivity contribution is -0.120. The highest BCUT2D eigenvalue weighted by molar-refractivity contribution is 7.89. The summed E-state index contributed by atoms with van der Waals surface area (Å²) in [5.41, 5.74) is 1.43. The number of hydrogen-bond donors (Lipinski definition) is 1. The van der Waals surface area contributed by atoms with Gasteiger partial charge in [-0.05, 0) is 74.2 Å². The van der Waals surface area contributed by atoms with Crippen molar-refractivity contribution >= 4 is 49.9 Å². The third-order valence-electron chi connectivity index (χ3n) is 6.56. The van der Waals surface area contributed by atoms with Crippen molar-refractivity contribution in [2.45, 2.75) is 30.6 Å². The van der Waals surface area contributed by atoms with Gasteiger partial charge in [-0.1, -0.05) is 17.7 Å². The zero-order valence-electron chi connectivity index (χ0n) is 18.8. The Morgan fingerprint density at radius 1 is 1.00 bits per heavy atom. The van der Waals surface area contributed by atoms with Crippen LogP contribution in [0.2, 0.25) is 5.02 Å². The normalized spacial score (nSPS) is 19.4. The van der Waals surface area contributed by atoms with Crippen molar-refractivity contribution in [3.63, 3.8) is 0 Å². The number of fused-ring (bicyclic) bond motifs is 1. The van der Waals surface area contributed by atoms with Crippen LogP contribution in [-0.2, 0) is 14.8 Å². The fraction of sp³-hybridized carbons (Fsp3) is 0.360. The van der Waals surface area contributed by atoms with Crippen molar-refractivity contribution in [1.29, 1.82) is 0 Å². The SMILES string of the molecule is O=C(Nc1cccc(Cl)c1)[C@H]1CCCN(c2ccc3cc(S(=O)(=O)N4CCCC4)ccc3n2)C1. The average molecular weight is 499 g/mol. The smallest absolute Gasteiger partial charge is 0.243 e.